The van der Waals surface area contributed by atoms with Crippen molar-refractivity contribution >= 4 is 33.4 Å². The van der Waals surface area contributed by atoms with E-state index in [9.17, 15) is 14.9 Å². The van der Waals surface area contributed by atoms with Crippen molar-refractivity contribution in [2.24, 2.45) is 0 Å². The number of nitrogens with zero attached hydrogens (tertiary/aromatic N) is 1. The van der Waals surface area contributed by atoms with E-state index in [1.807, 2.05) is 0 Å². The van der Waals surface area contributed by atoms with Crippen LogP contribution >= 0.6 is 15.9 Å². The van der Waals surface area contributed by atoms with Gasteiger partial charge in [0, 0.05) is 11.8 Å². The number of halogens is 1. The fourth-order valence-electron chi connectivity index (χ4n) is 0.902. The van der Waals surface area contributed by atoms with Crippen molar-refractivity contribution in [3.8, 4) is 0 Å². The number of methoxy groups -OCH3 is 1. The van der Waals surface area contributed by atoms with Gasteiger partial charge in [-0.25, -0.2) is 4.79 Å². The summed E-state index contributed by atoms with van der Waals surface area (Å²) in [7, 11) is 1.23. The molecule has 0 aliphatic rings. The predicted molar refractivity (Wildman–Crippen MR) is 56.8 cm³/mol. The second kappa shape index (κ2) is 4.74. The minimum atomic E-state index is -0.629. The second-order valence-corrected chi connectivity index (χ2v) is 3.39. The molecule has 0 atom stereocenters. The van der Waals surface area contributed by atoms with Crippen LogP contribution in [-0.4, -0.2) is 18.1 Å². The highest BCUT2D eigenvalue weighted by atomic mass is 79.9. The van der Waals surface area contributed by atoms with Crippen LogP contribution in [0, 0.1) is 10.1 Å². The highest BCUT2D eigenvalue weighted by Crippen LogP contribution is 2.27. The largest absolute Gasteiger partial charge is 0.453 e. The number of hydrogen-bond acceptors (Lipinski definition) is 4. The van der Waals surface area contributed by atoms with Gasteiger partial charge in [-0.15, -0.1) is 0 Å². The zero-order chi connectivity index (χ0) is 11.4. The van der Waals surface area contributed by atoms with Crippen LogP contribution in [0.1, 0.15) is 0 Å². The van der Waals surface area contributed by atoms with Crippen molar-refractivity contribution in [1.82, 2.24) is 0 Å². The summed E-state index contributed by atoms with van der Waals surface area (Å²) in [6.45, 7) is 0. The average Bonchev–Trinajstić information content (AvgIpc) is 2.17. The number of rotatable bonds is 2. The van der Waals surface area contributed by atoms with Crippen molar-refractivity contribution in [3.05, 3.63) is 32.8 Å². The van der Waals surface area contributed by atoms with Gasteiger partial charge in [0.25, 0.3) is 5.69 Å². The van der Waals surface area contributed by atoms with Crippen molar-refractivity contribution in [3.63, 3.8) is 0 Å². The first-order valence-corrected chi connectivity index (χ1v) is 4.63. The summed E-state index contributed by atoms with van der Waals surface area (Å²) >= 11 is 3.03. The van der Waals surface area contributed by atoms with Crippen LogP contribution in [0.4, 0.5) is 16.2 Å². The topological polar surface area (TPSA) is 81.5 Å². The summed E-state index contributed by atoms with van der Waals surface area (Å²) in [6.07, 6.45) is -0.629. The summed E-state index contributed by atoms with van der Waals surface area (Å²) in [4.78, 5) is 20.8. The molecule has 0 fully saturated rings. The molecule has 0 unspecified atom stereocenters. The van der Waals surface area contributed by atoms with E-state index >= 15 is 0 Å². The minimum absolute atomic E-state index is 0.0644. The Bertz CT molecular complexity index is 408. The van der Waals surface area contributed by atoms with E-state index in [0.29, 0.717) is 10.2 Å². The molecule has 0 radical (unpaired) electrons. The first-order chi connectivity index (χ1) is 7.04. The van der Waals surface area contributed by atoms with E-state index in [4.69, 9.17) is 0 Å². The third-order valence-electron chi connectivity index (χ3n) is 1.58. The summed E-state index contributed by atoms with van der Waals surface area (Å²) in [5.41, 5.74) is 0.352. The zero-order valence-electron chi connectivity index (χ0n) is 7.69. The summed E-state index contributed by atoms with van der Waals surface area (Å²) in [5.74, 6) is 0. The lowest BCUT2D eigenvalue weighted by atomic mass is 10.3. The van der Waals surface area contributed by atoms with Crippen molar-refractivity contribution in [1.29, 1.82) is 0 Å². The number of amides is 1. The first-order valence-electron chi connectivity index (χ1n) is 3.83. The van der Waals surface area contributed by atoms with E-state index in [0.717, 1.165) is 0 Å². The Balaban J connectivity index is 2.91. The maximum Gasteiger partial charge on any atom is 0.411 e. The van der Waals surface area contributed by atoms with Gasteiger partial charge in [0.1, 0.15) is 0 Å². The monoisotopic (exact) mass is 274 g/mol. The quantitative estimate of drug-likeness (QED) is 0.664. The van der Waals surface area contributed by atoms with Crippen molar-refractivity contribution in [2.45, 2.75) is 0 Å². The fraction of sp³-hybridized carbons (Fsp3) is 0.125. The number of nitro groups is 1. The molecule has 0 spiro atoms. The summed E-state index contributed by atoms with van der Waals surface area (Å²) < 4.78 is 4.67. The zero-order valence-corrected chi connectivity index (χ0v) is 9.28. The van der Waals surface area contributed by atoms with Gasteiger partial charge in [-0.3, -0.25) is 15.4 Å². The van der Waals surface area contributed by atoms with E-state index in [-0.39, 0.29) is 5.69 Å². The van der Waals surface area contributed by atoms with Gasteiger partial charge in [0.15, 0.2) is 0 Å². The SMILES string of the molecule is COC(=O)Nc1ccc([N+](=O)[O-])c(Br)c1. The van der Waals surface area contributed by atoms with Gasteiger partial charge in [0.05, 0.1) is 16.5 Å². The lowest BCUT2D eigenvalue weighted by Gasteiger charge is -2.03. The molecule has 80 valence electrons. The smallest absolute Gasteiger partial charge is 0.411 e. The van der Waals surface area contributed by atoms with Crippen LogP contribution in [0.15, 0.2) is 22.7 Å². The molecule has 6 nitrogen and oxygen atoms in total. The molecule has 1 N–H and O–H groups in total. The minimum Gasteiger partial charge on any atom is -0.453 e. The molecule has 1 rings (SSSR count). The van der Waals surface area contributed by atoms with Crippen LogP contribution in [-0.2, 0) is 4.74 Å². The average molecular weight is 275 g/mol. The molecule has 1 aromatic rings. The first kappa shape index (κ1) is 11.4. The number of nitrogens with one attached hydrogen (secondary N) is 1. The standard InChI is InChI=1S/C8H7BrN2O4/c1-15-8(12)10-5-2-3-7(11(13)14)6(9)4-5/h2-4H,1H3,(H,10,12). The third-order valence-corrected chi connectivity index (χ3v) is 2.21. The number of nitro benzene ring substituents is 1. The number of anilines is 1. The molecule has 1 amide bonds. The normalized spacial score (nSPS) is 9.47. The number of carbonyl (C=O) groups is 1. The molecular weight excluding hydrogens is 268 g/mol. The molecule has 0 aliphatic carbocycles. The van der Waals surface area contributed by atoms with Crippen LogP contribution < -0.4 is 5.32 Å². The van der Waals surface area contributed by atoms with Gasteiger partial charge in [-0.1, -0.05) is 0 Å². The molecule has 15 heavy (non-hydrogen) atoms. The Hall–Kier alpha value is -1.63. The number of ether oxygens (including phenoxy) is 1. The molecule has 0 saturated carbocycles. The Morgan fingerprint density at radius 3 is 2.73 bits per heavy atom. The van der Waals surface area contributed by atoms with Crippen molar-refractivity contribution in [2.75, 3.05) is 12.4 Å². The Morgan fingerprint density at radius 1 is 1.60 bits per heavy atom. The van der Waals surface area contributed by atoms with Gasteiger partial charge in [-0.05, 0) is 28.1 Å². The Kier molecular flexibility index (Phi) is 3.62. The number of carbonyl (C=O) groups excluding carboxylic acids is 1. The lowest BCUT2D eigenvalue weighted by Crippen LogP contribution is -2.10. The van der Waals surface area contributed by atoms with Gasteiger partial charge in [-0.2, -0.15) is 0 Å². The molecule has 0 saturated heterocycles. The van der Waals surface area contributed by atoms with Gasteiger partial charge >= 0.3 is 6.09 Å². The van der Waals surface area contributed by atoms with E-state index in [1.54, 1.807) is 0 Å². The van der Waals surface area contributed by atoms with Crippen LogP contribution in [0.2, 0.25) is 0 Å². The van der Waals surface area contributed by atoms with E-state index < -0.39 is 11.0 Å². The molecule has 7 heteroatoms. The number of hydrogen-bond donors (Lipinski definition) is 1. The highest BCUT2D eigenvalue weighted by molar-refractivity contribution is 9.10. The summed E-state index contributed by atoms with van der Waals surface area (Å²) in [6, 6.07) is 4.13. The van der Waals surface area contributed by atoms with E-state index in [1.165, 1.54) is 25.3 Å². The molecule has 0 aliphatic heterocycles. The lowest BCUT2D eigenvalue weighted by molar-refractivity contribution is -0.385. The molecular formula is C8H7BrN2O4. The Morgan fingerprint density at radius 2 is 2.27 bits per heavy atom. The van der Waals surface area contributed by atoms with Crippen LogP contribution in [0.25, 0.3) is 0 Å². The highest BCUT2D eigenvalue weighted by Gasteiger charge is 2.12. The van der Waals surface area contributed by atoms with Crippen LogP contribution in [0.3, 0.4) is 0 Å². The Labute approximate surface area is 93.5 Å². The molecule has 0 aromatic heterocycles. The molecule has 1 aromatic carbocycles. The molecule has 0 heterocycles. The maximum atomic E-state index is 10.8. The molecule has 0 bridgehead atoms. The van der Waals surface area contributed by atoms with Gasteiger partial charge in [0.2, 0.25) is 0 Å². The summed E-state index contributed by atoms with van der Waals surface area (Å²) in [5, 5.41) is 12.9. The fourth-order valence-corrected chi connectivity index (χ4v) is 1.43. The van der Waals surface area contributed by atoms with Crippen molar-refractivity contribution < 1.29 is 14.5 Å². The van der Waals surface area contributed by atoms with Gasteiger partial charge < -0.3 is 4.74 Å². The maximum absolute atomic E-state index is 10.8. The third kappa shape index (κ3) is 2.91. The van der Waals surface area contributed by atoms with E-state index in [2.05, 4.69) is 26.0 Å². The predicted octanol–water partition coefficient (Wildman–Crippen LogP) is 2.54. The second-order valence-electron chi connectivity index (χ2n) is 2.54. The van der Waals surface area contributed by atoms with Crippen LogP contribution in [0.5, 0.6) is 0 Å². The number of benzene rings is 1.